The minimum absolute atomic E-state index is 0.0238. The van der Waals surface area contributed by atoms with E-state index in [1.807, 2.05) is 30.3 Å². The van der Waals surface area contributed by atoms with Crippen LogP contribution in [0.1, 0.15) is 58.6 Å². The van der Waals surface area contributed by atoms with Gasteiger partial charge in [0.15, 0.2) is 18.1 Å². The van der Waals surface area contributed by atoms with Crippen molar-refractivity contribution in [1.82, 2.24) is 5.32 Å². The van der Waals surface area contributed by atoms with E-state index in [0.29, 0.717) is 30.6 Å². The van der Waals surface area contributed by atoms with Gasteiger partial charge in [0, 0.05) is 6.54 Å². The highest BCUT2D eigenvalue weighted by atomic mass is 16.5. The summed E-state index contributed by atoms with van der Waals surface area (Å²) in [5, 5.41) is 2.88. The molecule has 1 N–H and O–H groups in total. The molecule has 0 aliphatic carbocycles. The summed E-state index contributed by atoms with van der Waals surface area (Å²) in [7, 11) is 1.62. The summed E-state index contributed by atoms with van der Waals surface area (Å²) in [5.41, 5.74) is 2.33. The first-order chi connectivity index (χ1) is 14.7. The van der Waals surface area contributed by atoms with Gasteiger partial charge in [0.25, 0.3) is 5.91 Å². The van der Waals surface area contributed by atoms with Crippen LogP contribution in [-0.2, 0) is 16.8 Å². The van der Waals surface area contributed by atoms with Crippen LogP contribution in [0.2, 0.25) is 0 Å². The highest BCUT2D eigenvalue weighted by molar-refractivity contribution is 5.77. The van der Waals surface area contributed by atoms with Crippen LogP contribution in [0.5, 0.6) is 17.2 Å². The topological polar surface area (TPSA) is 56.8 Å². The number of hydrogen-bond donors (Lipinski definition) is 1. The first-order valence-corrected chi connectivity index (χ1v) is 11.0. The first-order valence-electron chi connectivity index (χ1n) is 11.0. The summed E-state index contributed by atoms with van der Waals surface area (Å²) >= 11 is 0. The van der Waals surface area contributed by atoms with E-state index >= 15 is 0 Å². The first kappa shape index (κ1) is 24.6. The molecule has 0 unspecified atom stereocenters. The summed E-state index contributed by atoms with van der Waals surface area (Å²) in [6.45, 7) is 12.0. The molecule has 0 aliphatic rings. The highest BCUT2D eigenvalue weighted by Gasteiger charge is 2.17. The zero-order valence-electron chi connectivity index (χ0n) is 19.8. The van der Waals surface area contributed by atoms with E-state index in [0.717, 1.165) is 24.2 Å². The zero-order valence-corrected chi connectivity index (χ0v) is 19.8. The maximum atomic E-state index is 12.2. The van der Waals surface area contributed by atoms with Crippen molar-refractivity contribution in [2.24, 2.45) is 5.92 Å². The smallest absolute Gasteiger partial charge is 0.258 e. The number of hydrogen-bond acceptors (Lipinski definition) is 4. The van der Waals surface area contributed by atoms with E-state index in [2.05, 4.69) is 52.1 Å². The van der Waals surface area contributed by atoms with Crippen LogP contribution in [0, 0.1) is 5.92 Å². The van der Waals surface area contributed by atoms with Crippen molar-refractivity contribution in [2.75, 3.05) is 20.3 Å². The molecule has 0 atom stereocenters. The average Bonchev–Trinajstić information content (AvgIpc) is 2.76. The van der Waals surface area contributed by atoms with Gasteiger partial charge < -0.3 is 19.5 Å². The number of nitrogens with one attached hydrogen (secondary N) is 1. The predicted molar refractivity (Wildman–Crippen MR) is 125 cm³/mol. The Bertz CT molecular complexity index is 828. The van der Waals surface area contributed by atoms with Crippen molar-refractivity contribution in [3.63, 3.8) is 0 Å². The zero-order chi connectivity index (χ0) is 22.9. The Morgan fingerprint density at radius 1 is 1.03 bits per heavy atom. The predicted octanol–water partition coefficient (Wildman–Crippen LogP) is 5.50. The van der Waals surface area contributed by atoms with Crippen LogP contribution in [-0.4, -0.2) is 26.2 Å². The molecule has 5 nitrogen and oxygen atoms in total. The van der Waals surface area contributed by atoms with Gasteiger partial charge in [-0.05, 0) is 59.6 Å². The minimum atomic E-state index is -0.172. The SMILES string of the molecule is CCC(C)(C)c1ccc(OCC(=O)NCc2ccc(OCCC(C)C)c(OC)c2)cc1. The van der Waals surface area contributed by atoms with E-state index in [9.17, 15) is 4.79 Å². The van der Waals surface area contributed by atoms with Gasteiger partial charge in [-0.15, -0.1) is 0 Å². The van der Waals surface area contributed by atoms with Crippen molar-refractivity contribution in [1.29, 1.82) is 0 Å². The molecule has 0 saturated carbocycles. The summed E-state index contributed by atoms with van der Waals surface area (Å²) in [5.74, 6) is 2.49. The Kier molecular flexibility index (Phi) is 9.22. The van der Waals surface area contributed by atoms with Crippen molar-refractivity contribution >= 4 is 5.91 Å². The molecular weight excluding hydrogens is 390 g/mol. The molecule has 0 radical (unpaired) electrons. The standard InChI is InChI=1S/C26H37NO4/c1-7-26(4,5)21-9-11-22(12-10-21)31-18-25(28)27-17-20-8-13-23(24(16-20)29-6)30-15-14-19(2)3/h8-13,16,19H,7,14-15,17-18H2,1-6H3,(H,27,28). The normalized spacial score (nSPS) is 11.3. The second kappa shape index (κ2) is 11.6. The fraction of sp³-hybridized carbons (Fsp3) is 0.500. The van der Waals surface area contributed by atoms with Gasteiger partial charge >= 0.3 is 0 Å². The number of carbonyl (C=O) groups is 1. The van der Waals surface area contributed by atoms with Gasteiger partial charge in [-0.25, -0.2) is 0 Å². The molecule has 0 aliphatic heterocycles. The Morgan fingerprint density at radius 3 is 2.35 bits per heavy atom. The second-order valence-electron chi connectivity index (χ2n) is 8.84. The number of methoxy groups -OCH3 is 1. The lowest BCUT2D eigenvalue weighted by molar-refractivity contribution is -0.123. The Labute approximate surface area is 187 Å². The number of benzene rings is 2. The van der Waals surface area contributed by atoms with Gasteiger partial charge in [0.2, 0.25) is 0 Å². The Hall–Kier alpha value is -2.69. The third-order valence-electron chi connectivity index (χ3n) is 5.56. The number of ether oxygens (including phenoxy) is 3. The molecule has 1 amide bonds. The molecule has 0 spiro atoms. The molecule has 2 aromatic rings. The van der Waals surface area contributed by atoms with E-state index in [1.54, 1.807) is 7.11 Å². The van der Waals surface area contributed by atoms with Crippen molar-refractivity contribution in [3.8, 4) is 17.2 Å². The molecule has 2 aromatic carbocycles. The van der Waals surface area contributed by atoms with Crippen LogP contribution < -0.4 is 19.5 Å². The van der Waals surface area contributed by atoms with Gasteiger partial charge in [-0.1, -0.05) is 52.8 Å². The molecule has 0 fully saturated rings. The third kappa shape index (κ3) is 7.82. The number of rotatable bonds is 12. The monoisotopic (exact) mass is 427 g/mol. The minimum Gasteiger partial charge on any atom is -0.493 e. The van der Waals surface area contributed by atoms with Gasteiger partial charge in [-0.3, -0.25) is 4.79 Å². The maximum Gasteiger partial charge on any atom is 0.258 e. The van der Waals surface area contributed by atoms with Crippen LogP contribution in [0.15, 0.2) is 42.5 Å². The summed E-state index contributed by atoms with van der Waals surface area (Å²) in [4.78, 5) is 12.2. The highest BCUT2D eigenvalue weighted by Crippen LogP contribution is 2.29. The Balaban J connectivity index is 1.82. The fourth-order valence-corrected chi connectivity index (χ4v) is 2.95. The molecule has 5 heteroatoms. The quantitative estimate of drug-likeness (QED) is 0.486. The van der Waals surface area contributed by atoms with Crippen LogP contribution in [0.4, 0.5) is 0 Å². The number of carbonyl (C=O) groups excluding carboxylic acids is 1. The fourth-order valence-electron chi connectivity index (χ4n) is 2.95. The van der Waals surface area contributed by atoms with Crippen LogP contribution in [0.25, 0.3) is 0 Å². The molecule has 31 heavy (non-hydrogen) atoms. The van der Waals surface area contributed by atoms with Crippen LogP contribution in [0.3, 0.4) is 0 Å². The Morgan fingerprint density at radius 2 is 1.74 bits per heavy atom. The van der Waals surface area contributed by atoms with Gasteiger partial charge in [0.05, 0.1) is 13.7 Å². The van der Waals surface area contributed by atoms with Gasteiger partial charge in [0.1, 0.15) is 5.75 Å². The lowest BCUT2D eigenvalue weighted by atomic mass is 9.82. The summed E-state index contributed by atoms with van der Waals surface area (Å²) < 4.78 is 16.9. The molecule has 0 heterocycles. The molecule has 2 rings (SSSR count). The van der Waals surface area contributed by atoms with Gasteiger partial charge in [-0.2, -0.15) is 0 Å². The van der Waals surface area contributed by atoms with E-state index in [1.165, 1.54) is 5.56 Å². The molecule has 170 valence electrons. The summed E-state index contributed by atoms with van der Waals surface area (Å²) in [6.07, 6.45) is 2.05. The van der Waals surface area contributed by atoms with E-state index in [4.69, 9.17) is 14.2 Å². The molecular formula is C26H37NO4. The lowest BCUT2D eigenvalue weighted by Crippen LogP contribution is -2.28. The average molecular weight is 428 g/mol. The summed E-state index contributed by atoms with van der Waals surface area (Å²) in [6, 6.07) is 13.7. The third-order valence-corrected chi connectivity index (χ3v) is 5.56. The van der Waals surface area contributed by atoms with Crippen molar-refractivity contribution in [3.05, 3.63) is 53.6 Å². The van der Waals surface area contributed by atoms with Crippen molar-refractivity contribution < 1.29 is 19.0 Å². The molecule has 0 aromatic heterocycles. The van der Waals surface area contributed by atoms with Crippen LogP contribution >= 0.6 is 0 Å². The molecule has 0 bridgehead atoms. The van der Waals surface area contributed by atoms with E-state index in [-0.39, 0.29) is 17.9 Å². The van der Waals surface area contributed by atoms with Crippen molar-refractivity contribution in [2.45, 2.75) is 59.4 Å². The number of amides is 1. The molecule has 0 saturated heterocycles. The lowest BCUT2D eigenvalue weighted by Gasteiger charge is -2.23. The largest absolute Gasteiger partial charge is 0.493 e. The van der Waals surface area contributed by atoms with E-state index < -0.39 is 0 Å². The maximum absolute atomic E-state index is 12.2. The second-order valence-corrected chi connectivity index (χ2v) is 8.84.